The summed E-state index contributed by atoms with van der Waals surface area (Å²) in [4.78, 5) is 0. The van der Waals surface area contributed by atoms with Crippen LogP contribution in [-0.2, 0) is 17.7 Å². The van der Waals surface area contributed by atoms with Crippen molar-refractivity contribution in [3.8, 4) is 0 Å². The molecule has 0 aromatic rings. The smallest absolute Gasteiger partial charge is 0.337 e. The van der Waals surface area contributed by atoms with E-state index >= 15 is 0 Å². The predicted molar refractivity (Wildman–Crippen MR) is 97.8 cm³/mol. The van der Waals surface area contributed by atoms with Crippen molar-refractivity contribution in [1.29, 1.82) is 0 Å². The highest BCUT2D eigenvalue weighted by Crippen LogP contribution is 2.26. The topological polar surface area (TPSA) is 36.9 Å². The molecule has 0 N–H and O–H groups in total. The predicted octanol–water partition coefficient (Wildman–Crippen LogP) is 4.84. The van der Waals surface area contributed by atoms with Gasteiger partial charge in [0.25, 0.3) is 0 Å². The van der Waals surface area contributed by atoms with Crippen LogP contribution in [0.3, 0.4) is 0 Å². The minimum absolute atomic E-state index is 0.756. The second-order valence-corrected chi connectivity index (χ2v) is 12.7. The van der Waals surface area contributed by atoms with Crippen molar-refractivity contribution in [2.75, 3.05) is 26.4 Å². The number of unbranched alkanes of at least 4 members (excludes halogenated alkanes) is 1. The Morgan fingerprint density at radius 1 is 0.500 bits per heavy atom. The zero-order valence-electron chi connectivity index (χ0n) is 15.7. The maximum absolute atomic E-state index is 6.04. The van der Waals surface area contributed by atoms with E-state index in [9.17, 15) is 0 Å². The summed E-state index contributed by atoms with van der Waals surface area (Å²) in [6.07, 6.45) is 2.30. The van der Waals surface area contributed by atoms with Crippen LogP contribution in [-0.4, -0.2) is 43.5 Å². The van der Waals surface area contributed by atoms with E-state index in [-0.39, 0.29) is 0 Å². The first kappa shape index (κ1) is 22.3. The maximum atomic E-state index is 6.04. The van der Waals surface area contributed by atoms with Gasteiger partial charge in [0.2, 0.25) is 0 Å². The van der Waals surface area contributed by atoms with Gasteiger partial charge in [-0.2, -0.15) is 0 Å². The lowest BCUT2D eigenvalue weighted by Gasteiger charge is -2.31. The van der Waals surface area contributed by atoms with Crippen molar-refractivity contribution in [3.05, 3.63) is 0 Å². The summed E-state index contributed by atoms with van der Waals surface area (Å²) in [5, 5.41) is 0. The zero-order chi connectivity index (χ0) is 16.9. The molecule has 0 saturated carbocycles. The van der Waals surface area contributed by atoms with Crippen molar-refractivity contribution in [2.24, 2.45) is 0 Å². The van der Waals surface area contributed by atoms with Gasteiger partial charge in [-0.15, -0.1) is 0 Å². The van der Waals surface area contributed by atoms with Gasteiger partial charge in [-0.1, -0.05) is 26.7 Å². The molecule has 0 spiro atoms. The largest absolute Gasteiger partial charge is 0.394 e. The number of hydrogen-bond acceptors (Lipinski definition) is 4. The van der Waals surface area contributed by atoms with Gasteiger partial charge in [-0.3, -0.25) is 0 Å². The Bertz CT molecular complexity index is 227. The van der Waals surface area contributed by atoms with Crippen LogP contribution in [0, 0.1) is 0 Å². The van der Waals surface area contributed by atoms with Gasteiger partial charge in [0.05, 0.1) is 0 Å². The minimum Gasteiger partial charge on any atom is -0.394 e. The standard InChI is InChI=1S/C16H38O4Si2/c1-7-17-21(11-5,18-8-2)15-13-14-16-22(12-6,19-9-3)20-10-4/h7-16H2,1-6H3. The van der Waals surface area contributed by atoms with Crippen LogP contribution in [0.5, 0.6) is 0 Å². The molecule has 0 aromatic heterocycles. The summed E-state index contributed by atoms with van der Waals surface area (Å²) in [6.45, 7) is 15.7. The second kappa shape index (κ2) is 12.7. The van der Waals surface area contributed by atoms with Gasteiger partial charge in [0.1, 0.15) is 0 Å². The lowest BCUT2D eigenvalue weighted by molar-refractivity contribution is 0.178. The Morgan fingerprint density at radius 3 is 0.955 bits per heavy atom. The molecule has 0 unspecified atom stereocenters. The molecule has 0 atom stereocenters. The van der Waals surface area contributed by atoms with Gasteiger partial charge >= 0.3 is 17.1 Å². The Hall–Kier alpha value is 0.274. The summed E-state index contributed by atoms with van der Waals surface area (Å²) in [5.74, 6) is 0. The van der Waals surface area contributed by atoms with Crippen LogP contribution in [0.15, 0.2) is 0 Å². The van der Waals surface area contributed by atoms with E-state index in [0.29, 0.717) is 0 Å². The van der Waals surface area contributed by atoms with Crippen molar-refractivity contribution >= 4 is 17.1 Å². The summed E-state index contributed by atoms with van der Waals surface area (Å²) in [5.41, 5.74) is 0. The van der Waals surface area contributed by atoms with E-state index in [2.05, 4.69) is 41.5 Å². The van der Waals surface area contributed by atoms with Crippen molar-refractivity contribution < 1.29 is 17.7 Å². The first-order valence-electron chi connectivity index (χ1n) is 9.13. The lowest BCUT2D eigenvalue weighted by atomic mass is 10.4. The zero-order valence-corrected chi connectivity index (χ0v) is 17.7. The SMILES string of the molecule is CCO[Si](CC)(CCCC[Si](CC)(OCC)OCC)OCC. The Morgan fingerprint density at radius 2 is 0.773 bits per heavy atom. The van der Waals surface area contributed by atoms with Crippen LogP contribution in [0.1, 0.15) is 54.4 Å². The molecule has 0 rings (SSSR count). The van der Waals surface area contributed by atoms with Gasteiger partial charge in [0, 0.05) is 26.4 Å². The Balaban J connectivity index is 4.44. The van der Waals surface area contributed by atoms with Crippen molar-refractivity contribution in [2.45, 2.75) is 78.6 Å². The molecule has 0 radical (unpaired) electrons. The normalized spacial score (nSPS) is 12.8. The molecule has 0 fully saturated rings. The number of hydrogen-bond donors (Lipinski definition) is 0. The minimum atomic E-state index is -1.98. The van der Waals surface area contributed by atoms with Crippen LogP contribution in [0.25, 0.3) is 0 Å². The van der Waals surface area contributed by atoms with Crippen LogP contribution in [0.4, 0.5) is 0 Å². The molecular formula is C16H38O4Si2. The Labute approximate surface area is 140 Å². The van der Waals surface area contributed by atoms with E-state index in [1.165, 1.54) is 0 Å². The van der Waals surface area contributed by atoms with E-state index in [4.69, 9.17) is 17.7 Å². The monoisotopic (exact) mass is 350 g/mol. The van der Waals surface area contributed by atoms with E-state index in [0.717, 1.165) is 63.4 Å². The molecule has 0 aliphatic heterocycles. The summed E-state index contributed by atoms with van der Waals surface area (Å²) >= 11 is 0. The molecule has 0 aromatic carbocycles. The first-order valence-corrected chi connectivity index (χ1v) is 13.6. The van der Waals surface area contributed by atoms with Gasteiger partial charge in [-0.05, 0) is 51.9 Å². The Kier molecular flexibility index (Phi) is 12.8. The first-order chi connectivity index (χ1) is 10.6. The van der Waals surface area contributed by atoms with Gasteiger partial charge in [-0.25, -0.2) is 0 Å². The van der Waals surface area contributed by atoms with Gasteiger partial charge < -0.3 is 17.7 Å². The molecule has 4 nitrogen and oxygen atoms in total. The summed E-state index contributed by atoms with van der Waals surface area (Å²) in [6, 6.07) is 4.22. The van der Waals surface area contributed by atoms with E-state index in [1.54, 1.807) is 0 Å². The quantitative estimate of drug-likeness (QED) is 0.313. The molecular weight excluding hydrogens is 312 g/mol. The summed E-state index contributed by atoms with van der Waals surface area (Å²) < 4.78 is 24.2. The van der Waals surface area contributed by atoms with Crippen LogP contribution < -0.4 is 0 Å². The van der Waals surface area contributed by atoms with Crippen molar-refractivity contribution in [3.63, 3.8) is 0 Å². The molecule has 0 saturated heterocycles. The third-order valence-corrected chi connectivity index (χ3v) is 11.7. The van der Waals surface area contributed by atoms with Gasteiger partial charge in [0.15, 0.2) is 0 Å². The average molecular weight is 351 g/mol. The maximum Gasteiger partial charge on any atom is 0.337 e. The molecule has 0 aliphatic rings. The molecule has 0 heterocycles. The third-order valence-electron chi connectivity index (χ3n) is 4.07. The van der Waals surface area contributed by atoms with E-state index < -0.39 is 17.1 Å². The fraction of sp³-hybridized carbons (Fsp3) is 1.00. The van der Waals surface area contributed by atoms with E-state index in [1.807, 2.05) is 0 Å². The molecule has 6 heteroatoms. The molecule has 22 heavy (non-hydrogen) atoms. The van der Waals surface area contributed by atoms with Crippen LogP contribution in [0.2, 0.25) is 24.2 Å². The lowest BCUT2D eigenvalue weighted by Crippen LogP contribution is -2.43. The molecule has 0 amide bonds. The summed E-state index contributed by atoms with van der Waals surface area (Å²) in [7, 11) is -3.96. The third kappa shape index (κ3) is 7.70. The van der Waals surface area contributed by atoms with Crippen LogP contribution >= 0.6 is 0 Å². The highest BCUT2D eigenvalue weighted by molar-refractivity contribution is 6.68. The fourth-order valence-corrected chi connectivity index (χ4v) is 8.92. The fourth-order valence-electron chi connectivity index (χ4n) is 2.97. The molecule has 0 aliphatic carbocycles. The highest BCUT2D eigenvalue weighted by Gasteiger charge is 2.37. The highest BCUT2D eigenvalue weighted by atomic mass is 28.4. The molecule has 134 valence electrons. The second-order valence-electron chi connectivity index (χ2n) is 5.47. The number of rotatable bonds is 15. The van der Waals surface area contributed by atoms with Crippen molar-refractivity contribution in [1.82, 2.24) is 0 Å². The molecule has 0 bridgehead atoms. The average Bonchev–Trinajstić information content (AvgIpc) is 2.52.